The molecule has 0 radical (unpaired) electrons. The van der Waals surface area contributed by atoms with Gasteiger partial charge in [0.25, 0.3) is 0 Å². The Morgan fingerprint density at radius 3 is 2.39 bits per heavy atom. The van der Waals surface area contributed by atoms with Crippen molar-refractivity contribution >= 4 is 34.8 Å². The van der Waals surface area contributed by atoms with Gasteiger partial charge < -0.3 is 14.8 Å². The highest BCUT2D eigenvalue weighted by Crippen LogP contribution is 2.29. The molecule has 33 heavy (non-hydrogen) atoms. The smallest absolute Gasteiger partial charge is 0.329 e. The molecule has 0 aliphatic heterocycles. The third-order valence-electron chi connectivity index (χ3n) is 4.86. The van der Waals surface area contributed by atoms with Gasteiger partial charge in [0.15, 0.2) is 11.5 Å². The Kier molecular flexibility index (Phi) is 8.05. The van der Waals surface area contributed by atoms with Crippen molar-refractivity contribution in [3.63, 3.8) is 0 Å². The molecule has 3 aromatic rings. The van der Waals surface area contributed by atoms with Crippen LogP contribution in [0, 0.1) is 6.92 Å². The molecule has 7 nitrogen and oxygen atoms in total. The quantitative estimate of drug-likeness (QED) is 0.300. The van der Waals surface area contributed by atoms with Crippen molar-refractivity contribution in [2.75, 3.05) is 12.4 Å². The minimum atomic E-state index is -0.894. The molecule has 8 heteroatoms. The number of hydrogen-bond donors (Lipinski definition) is 2. The van der Waals surface area contributed by atoms with Crippen LogP contribution in [-0.4, -0.2) is 24.6 Å². The third kappa shape index (κ3) is 6.57. The second-order valence-electron chi connectivity index (χ2n) is 7.18. The number of benzene rings is 3. The van der Waals surface area contributed by atoms with E-state index in [1.54, 1.807) is 56.5 Å². The molecule has 2 N–H and O–H groups in total. The largest absolute Gasteiger partial charge is 0.493 e. The van der Waals surface area contributed by atoms with Gasteiger partial charge >= 0.3 is 11.8 Å². The average molecular weight is 466 g/mol. The summed E-state index contributed by atoms with van der Waals surface area (Å²) in [6, 6.07) is 19.7. The zero-order valence-electron chi connectivity index (χ0n) is 18.5. The highest BCUT2D eigenvalue weighted by Gasteiger charge is 2.14. The lowest BCUT2D eigenvalue weighted by atomic mass is 10.1. The normalized spacial score (nSPS) is 11.0. The summed E-state index contributed by atoms with van der Waals surface area (Å²) in [6.45, 7) is 4.15. The molecule has 0 aliphatic rings. The van der Waals surface area contributed by atoms with Crippen LogP contribution in [0.4, 0.5) is 5.69 Å². The number of rotatable bonds is 7. The maximum absolute atomic E-state index is 12.1. The van der Waals surface area contributed by atoms with E-state index >= 15 is 0 Å². The topological polar surface area (TPSA) is 89.0 Å². The molecule has 3 rings (SSSR count). The van der Waals surface area contributed by atoms with Crippen LogP contribution in [0.15, 0.2) is 71.8 Å². The highest BCUT2D eigenvalue weighted by atomic mass is 35.5. The summed E-state index contributed by atoms with van der Waals surface area (Å²) in [6.07, 6.45) is 0. The zero-order chi connectivity index (χ0) is 23.8. The molecule has 0 saturated heterocycles. The molecule has 0 fully saturated rings. The minimum absolute atomic E-state index is 0.411. The number of methoxy groups -OCH3 is 1. The first-order valence-corrected chi connectivity index (χ1v) is 10.5. The van der Waals surface area contributed by atoms with E-state index in [0.717, 1.165) is 11.1 Å². The molecule has 0 atom stereocenters. The predicted molar refractivity (Wildman–Crippen MR) is 129 cm³/mol. The molecule has 0 spiro atoms. The Morgan fingerprint density at radius 1 is 0.970 bits per heavy atom. The van der Waals surface area contributed by atoms with Crippen molar-refractivity contribution in [3.8, 4) is 11.5 Å². The second-order valence-corrected chi connectivity index (χ2v) is 7.62. The number of aryl methyl sites for hydroxylation is 1. The highest BCUT2D eigenvalue weighted by molar-refractivity contribution is 6.39. The Balaban J connectivity index is 1.63. The Labute approximate surface area is 197 Å². The Hall–Kier alpha value is -3.84. The molecule has 2 amide bonds. The lowest BCUT2D eigenvalue weighted by molar-refractivity contribution is -0.136. The van der Waals surface area contributed by atoms with Crippen molar-refractivity contribution in [1.29, 1.82) is 0 Å². The number of carbonyl (C=O) groups excluding carboxylic acids is 2. The van der Waals surface area contributed by atoms with Gasteiger partial charge in [-0.1, -0.05) is 35.9 Å². The molecule has 0 saturated carbocycles. The fraction of sp³-hybridized carbons (Fsp3) is 0.160. The molecule has 0 aliphatic carbocycles. The summed E-state index contributed by atoms with van der Waals surface area (Å²) in [7, 11) is 1.55. The van der Waals surface area contributed by atoms with Crippen LogP contribution in [0.5, 0.6) is 11.5 Å². The zero-order valence-corrected chi connectivity index (χ0v) is 19.3. The fourth-order valence-corrected chi connectivity index (χ4v) is 3.04. The monoisotopic (exact) mass is 465 g/mol. The van der Waals surface area contributed by atoms with E-state index in [0.29, 0.717) is 40.1 Å². The number of halogens is 1. The van der Waals surface area contributed by atoms with Crippen LogP contribution in [0.3, 0.4) is 0 Å². The molecule has 0 aromatic heterocycles. The number of ether oxygens (including phenoxy) is 2. The molecular weight excluding hydrogens is 442 g/mol. The van der Waals surface area contributed by atoms with Crippen molar-refractivity contribution in [1.82, 2.24) is 5.43 Å². The number of carbonyl (C=O) groups is 2. The molecule has 0 bridgehead atoms. The lowest BCUT2D eigenvalue weighted by Gasteiger charge is -2.13. The first-order valence-electron chi connectivity index (χ1n) is 10.1. The van der Waals surface area contributed by atoms with Crippen molar-refractivity contribution in [2.45, 2.75) is 20.5 Å². The van der Waals surface area contributed by atoms with E-state index in [9.17, 15) is 9.59 Å². The maximum atomic E-state index is 12.1. The van der Waals surface area contributed by atoms with Crippen LogP contribution < -0.4 is 20.2 Å². The lowest BCUT2D eigenvalue weighted by Crippen LogP contribution is -2.32. The maximum Gasteiger partial charge on any atom is 0.329 e. The first kappa shape index (κ1) is 23.8. The van der Waals surface area contributed by atoms with Gasteiger partial charge in [0.2, 0.25) is 0 Å². The van der Waals surface area contributed by atoms with E-state index in [-0.39, 0.29) is 0 Å². The SMILES string of the molecule is COc1cc(/C(C)=N/NC(=O)C(=O)Nc2ccc(Cl)cc2)ccc1OCc1ccccc1C. The number of amides is 2. The van der Waals surface area contributed by atoms with Gasteiger partial charge in [-0.3, -0.25) is 9.59 Å². The number of nitrogens with one attached hydrogen (secondary N) is 2. The van der Waals surface area contributed by atoms with Gasteiger partial charge in [-0.25, -0.2) is 5.43 Å². The van der Waals surface area contributed by atoms with Gasteiger partial charge in [0, 0.05) is 16.3 Å². The van der Waals surface area contributed by atoms with Crippen LogP contribution in [-0.2, 0) is 16.2 Å². The van der Waals surface area contributed by atoms with Crippen LogP contribution in [0.2, 0.25) is 5.02 Å². The number of hydrogen-bond acceptors (Lipinski definition) is 5. The molecular formula is C25H24ClN3O4. The van der Waals surface area contributed by atoms with E-state index in [4.69, 9.17) is 21.1 Å². The number of nitrogens with zero attached hydrogens (tertiary/aromatic N) is 1. The third-order valence-corrected chi connectivity index (χ3v) is 5.11. The van der Waals surface area contributed by atoms with E-state index in [2.05, 4.69) is 15.8 Å². The minimum Gasteiger partial charge on any atom is -0.493 e. The molecule has 0 unspecified atom stereocenters. The van der Waals surface area contributed by atoms with E-state index < -0.39 is 11.8 Å². The summed E-state index contributed by atoms with van der Waals surface area (Å²) in [4.78, 5) is 24.1. The van der Waals surface area contributed by atoms with E-state index in [1.165, 1.54) is 0 Å². The Bertz CT molecular complexity index is 1180. The molecule has 0 heterocycles. The number of anilines is 1. The summed E-state index contributed by atoms with van der Waals surface area (Å²) >= 11 is 5.81. The van der Waals surface area contributed by atoms with Gasteiger partial charge in [-0.15, -0.1) is 0 Å². The van der Waals surface area contributed by atoms with Crippen molar-refractivity contribution < 1.29 is 19.1 Å². The molecule has 170 valence electrons. The summed E-state index contributed by atoms with van der Waals surface area (Å²) in [5.41, 5.74) is 6.13. The standard InChI is InChI=1S/C25H24ClN3O4/c1-16-6-4-5-7-19(16)15-33-22-13-8-18(14-23(22)32-3)17(2)28-29-25(31)24(30)27-21-11-9-20(26)10-12-21/h4-14H,15H2,1-3H3,(H,27,30)(H,29,31)/b28-17+. The van der Waals surface area contributed by atoms with Crippen LogP contribution >= 0.6 is 11.6 Å². The first-order chi connectivity index (χ1) is 15.9. The molecule has 3 aromatic carbocycles. The Morgan fingerprint density at radius 2 is 1.70 bits per heavy atom. The summed E-state index contributed by atoms with van der Waals surface area (Å²) < 4.78 is 11.4. The fourth-order valence-electron chi connectivity index (χ4n) is 2.91. The summed E-state index contributed by atoms with van der Waals surface area (Å²) in [5, 5.41) is 7.02. The number of hydrazone groups is 1. The van der Waals surface area contributed by atoms with Gasteiger partial charge in [-0.2, -0.15) is 5.10 Å². The van der Waals surface area contributed by atoms with Crippen molar-refractivity contribution in [2.24, 2.45) is 5.10 Å². The average Bonchev–Trinajstić information content (AvgIpc) is 2.83. The predicted octanol–water partition coefficient (Wildman–Crippen LogP) is 4.71. The van der Waals surface area contributed by atoms with Crippen LogP contribution in [0.25, 0.3) is 0 Å². The van der Waals surface area contributed by atoms with E-state index in [1.807, 2.05) is 31.2 Å². The second kappa shape index (κ2) is 11.2. The van der Waals surface area contributed by atoms with Gasteiger partial charge in [-0.05, 0) is 67.4 Å². The summed E-state index contributed by atoms with van der Waals surface area (Å²) in [5.74, 6) is -0.619. The van der Waals surface area contributed by atoms with Gasteiger partial charge in [0.1, 0.15) is 6.61 Å². The van der Waals surface area contributed by atoms with Crippen LogP contribution in [0.1, 0.15) is 23.6 Å². The van der Waals surface area contributed by atoms with Gasteiger partial charge in [0.05, 0.1) is 12.8 Å². The van der Waals surface area contributed by atoms with Crippen molar-refractivity contribution in [3.05, 3.63) is 88.4 Å².